The summed E-state index contributed by atoms with van der Waals surface area (Å²) in [6.45, 7) is 5.34. The van der Waals surface area contributed by atoms with Crippen LogP contribution in [0.15, 0.2) is 52.8 Å². The molecular weight excluding hydrogens is 406 g/mol. The Morgan fingerprint density at radius 1 is 1.19 bits per heavy atom. The number of rotatable bonds is 8. The van der Waals surface area contributed by atoms with Crippen molar-refractivity contribution in [3.05, 3.63) is 58.3 Å². The number of benzene rings is 1. The van der Waals surface area contributed by atoms with Crippen molar-refractivity contribution in [1.82, 2.24) is 20.4 Å². The molecule has 1 aromatic heterocycles. The molecule has 0 radical (unpaired) electrons. The molecule has 0 bridgehead atoms. The number of carbonyl (C=O) groups excluding carboxylic acids is 1. The number of hydrogen-bond acceptors (Lipinski definition) is 4. The van der Waals surface area contributed by atoms with Gasteiger partial charge in [0.15, 0.2) is 5.96 Å². The minimum absolute atomic E-state index is 0.00543. The third-order valence-electron chi connectivity index (χ3n) is 5.82. The van der Waals surface area contributed by atoms with Gasteiger partial charge in [0.2, 0.25) is 5.91 Å². The number of thiophene rings is 1. The van der Waals surface area contributed by atoms with E-state index in [1.54, 1.807) is 30.3 Å². The Hall–Kier alpha value is -2.38. The van der Waals surface area contributed by atoms with Gasteiger partial charge in [-0.1, -0.05) is 36.4 Å². The Balaban J connectivity index is 1.52. The van der Waals surface area contributed by atoms with Gasteiger partial charge in [0.25, 0.3) is 0 Å². The smallest absolute Gasteiger partial charge is 0.243 e. The predicted molar refractivity (Wildman–Crippen MR) is 130 cm³/mol. The number of likely N-dealkylation sites (N-methyl/N-ethyl adjacent to an activating group) is 1. The second-order valence-corrected chi connectivity index (χ2v) is 9.28. The molecule has 0 spiro atoms. The Labute approximate surface area is 190 Å². The predicted octanol–water partition coefficient (Wildman–Crippen LogP) is 3.14. The standard InChI is InChI=1S/C24H35N5OS/c1-19(20-8-5-4-6-9-20)29-15-12-21(13-16-29)27-24(26-18-23(30)28(2)3)25-14-11-22-10-7-17-31-22/h4-10,17,19,21H,11-16,18H2,1-3H3,(H2,25,26,27). The second-order valence-electron chi connectivity index (χ2n) is 8.25. The van der Waals surface area contributed by atoms with Crippen molar-refractivity contribution in [1.29, 1.82) is 0 Å². The summed E-state index contributed by atoms with van der Waals surface area (Å²) in [6, 6.07) is 15.7. The van der Waals surface area contributed by atoms with E-state index in [0.29, 0.717) is 12.1 Å². The Morgan fingerprint density at radius 3 is 2.58 bits per heavy atom. The molecule has 1 atom stereocenters. The lowest BCUT2D eigenvalue weighted by molar-refractivity contribution is -0.127. The van der Waals surface area contributed by atoms with Gasteiger partial charge >= 0.3 is 0 Å². The topological polar surface area (TPSA) is 60.0 Å². The summed E-state index contributed by atoms with van der Waals surface area (Å²) in [7, 11) is 3.53. The number of amides is 1. The number of carbonyl (C=O) groups is 1. The average molecular weight is 442 g/mol. The fourth-order valence-electron chi connectivity index (χ4n) is 3.77. The van der Waals surface area contributed by atoms with Gasteiger partial charge in [0.05, 0.1) is 0 Å². The van der Waals surface area contributed by atoms with Gasteiger partial charge in [-0.3, -0.25) is 9.69 Å². The van der Waals surface area contributed by atoms with E-state index in [4.69, 9.17) is 0 Å². The van der Waals surface area contributed by atoms with Crippen molar-refractivity contribution in [3.63, 3.8) is 0 Å². The Bertz CT molecular complexity index is 814. The van der Waals surface area contributed by atoms with E-state index in [2.05, 4.69) is 75.3 Å². The summed E-state index contributed by atoms with van der Waals surface area (Å²) >= 11 is 1.77. The number of piperidine rings is 1. The van der Waals surface area contributed by atoms with Crippen LogP contribution in [0.1, 0.15) is 36.2 Å². The second kappa shape index (κ2) is 11.9. The minimum atomic E-state index is 0.00543. The summed E-state index contributed by atoms with van der Waals surface area (Å²) in [5, 5.41) is 9.09. The first-order chi connectivity index (χ1) is 15.0. The molecule has 2 N–H and O–H groups in total. The lowest BCUT2D eigenvalue weighted by Crippen LogP contribution is -2.49. The zero-order chi connectivity index (χ0) is 22.1. The van der Waals surface area contributed by atoms with Crippen LogP contribution in [-0.4, -0.2) is 68.0 Å². The quantitative estimate of drug-likeness (QED) is 0.488. The molecule has 1 saturated heterocycles. The van der Waals surface area contributed by atoms with Gasteiger partial charge in [-0.15, -0.1) is 11.3 Å². The fourth-order valence-corrected chi connectivity index (χ4v) is 4.48. The maximum atomic E-state index is 12.0. The van der Waals surface area contributed by atoms with Gasteiger partial charge in [-0.05, 0) is 43.2 Å². The summed E-state index contributed by atoms with van der Waals surface area (Å²) in [5.74, 6) is 0.743. The molecule has 2 aromatic rings. The third-order valence-corrected chi connectivity index (χ3v) is 6.75. The summed E-state index contributed by atoms with van der Waals surface area (Å²) in [5.41, 5.74) is 1.37. The van der Waals surface area contributed by atoms with Gasteiger partial charge in [-0.25, -0.2) is 4.99 Å². The molecule has 7 heteroatoms. The van der Waals surface area contributed by atoms with Crippen molar-refractivity contribution in [2.45, 2.75) is 38.3 Å². The maximum Gasteiger partial charge on any atom is 0.243 e. The molecule has 1 amide bonds. The van der Waals surface area contributed by atoms with E-state index in [1.165, 1.54) is 10.4 Å². The van der Waals surface area contributed by atoms with Gasteiger partial charge < -0.3 is 15.5 Å². The highest BCUT2D eigenvalue weighted by molar-refractivity contribution is 7.09. The molecule has 1 aromatic carbocycles. The van der Waals surface area contributed by atoms with E-state index in [0.717, 1.165) is 44.9 Å². The third kappa shape index (κ3) is 7.36. The zero-order valence-electron chi connectivity index (χ0n) is 18.9. The van der Waals surface area contributed by atoms with Crippen LogP contribution in [-0.2, 0) is 11.2 Å². The highest BCUT2D eigenvalue weighted by atomic mass is 32.1. The molecule has 6 nitrogen and oxygen atoms in total. The number of aliphatic imine (C=N–C) groups is 1. The molecule has 1 fully saturated rings. The normalized spacial score (nSPS) is 16.7. The Kier molecular flexibility index (Phi) is 8.91. The number of guanidine groups is 1. The van der Waals surface area contributed by atoms with Crippen LogP contribution < -0.4 is 10.6 Å². The van der Waals surface area contributed by atoms with Crippen molar-refractivity contribution in [3.8, 4) is 0 Å². The summed E-state index contributed by atoms with van der Waals surface area (Å²) in [4.78, 5) is 22.0. The molecule has 31 heavy (non-hydrogen) atoms. The SMILES string of the molecule is CC(c1ccccc1)N1CCC(NC(=NCC(=O)N(C)C)NCCc2cccs2)CC1. The molecule has 0 saturated carbocycles. The van der Waals surface area contributed by atoms with Crippen LogP contribution >= 0.6 is 11.3 Å². The fraction of sp³-hybridized carbons (Fsp3) is 0.500. The minimum Gasteiger partial charge on any atom is -0.356 e. The van der Waals surface area contributed by atoms with Crippen LogP contribution in [0.2, 0.25) is 0 Å². The molecule has 2 heterocycles. The van der Waals surface area contributed by atoms with Crippen LogP contribution in [0, 0.1) is 0 Å². The molecule has 1 unspecified atom stereocenters. The number of likely N-dealkylation sites (tertiary alicyclic amines) is 1. The van der Waals surface area contributed by atoms with Gasteiger partial charge in [0.1, 0.15) is 6.54 Å². The first-order valence-electron chi connectivity index (χ1n) is 11.1. The van der Waals surface area contributed by atoms with E-state index in [1.807, 2.05) is 0 Å². The van der Waals surface area contributed by atoms with E-state index in [9.17, 15) is 4.79 Å². The van der Waals surface area contributed by atoms with Crippen molar-refractivity contribution >= 4 is 23.2 Å². The molecule has 1 aliphatic heterocycles. The van der Waals surface area contributed by atoms with Crippen LogP contribution in [0.25, 0.3) is 0 Å². The van der Waals surface area contributed by atoms with Gasteiger partial charge in [-0.2, -0.15) is 0 Å². The van der Waals surface area contributed by atoms with Crippen molar-refractivity contribution in [2.24, 2.45) is 4.99 Å². The highest BCUT2D eigenvalue weighted by Crippen LogP contribution is 2.24. The largest absolute Gasteiger partial charge is 0.356 e. The number of nitrogens with zero attached hydrogens (tertiary/aromatic N) is 3. The van der Waals surface area contributed by atoms with Crippen LogP contribution in [0.5, 0.6) is 0 Å². The summed E-state index contributed by atoms with van der Waals surface area (Å²) in [6.07, 6.45) is 3.07. The summed E-state index contributed by atoms with van der Waals surface area (Å²) < 4.78 is 0. The van der Waals surface area contributed by atoms with Crippen molar-refractivity contribution < 1.29 is 4.79 Å². The Morgan fingerprint density at radius 2 is 1.94 bits per heavy atom. The number of nitrogens with one attached hydrogen (secondary N) is 2. The first kappa shape index (κ1) is 23.3. The van der Waals surface area contributed by atoms with Crippen molar-refractivity contribution in [2.75, 3.05) is 40.3 Å². The lowest BCUT2D eigenvalue weighted by Gasteiger charge is -2.37. The van der Waals surface area contributed by atoms with E-state index in [-0.39, 0.29) is 12.5 Å². The molecule has 3 rings (SSSR count). The lowest BCUT2D eigenvalue weighted by atomic mass is 10.0. The molecular formula is C24H35N5OS. The van der Waals surface area contributed by atoms with E-state index < -0.39 is 0 Å². The monoisotopic (exact) mass is 441 g/mol. The van der Waals surface area contributed by atoms with E-state index >= 15 is 0 Å². The van der Waals surface area contributed by atoms with Gasteiger partial charge in [0, 0.05) is 50.7 Å². The van der Waals surface area contributed by atoms with Crippen LogP contribution in [0.3, 0.4) is 0 Å². The average Bonchev–Trinajstić information content (AvgIpc) is 3.31. The number of hydrogen-bond donors (Lipinski definition) is 2. The molecule has 0 aliphatic carbocycles. The highest BCUT2D eigenvalue weighted by Gasteiger charge is 2.24. The zero-order valence-corrected chi connectivity index (χ0v) is 19.7. The first-order valence-corrected chi connectivity index (χ1v) is 12.0. The molecule has 1 aliphatic rings. The molecule has 168 valence electrons. The van der Waals surface area contributed by atoms with Crippen LogP contribution in [0.4, 0.5) is 0 Å². The maximum absolute atomic E-state index is 12.0.